The second-order valence-corrected chi connectivity index (χ2v) is 6.44. The van der Waals surface area contributed by atoms with Gasteiger partial charge in [-0.3, -0.25) is 9.59 Å². The summed E-state index contributed by atoms with van der Waals surface area (Å²) in [6, 6.07) is 14.0. The predicted octanol–water partition coefficient (Wildman–Crippen LogP) is 2.88. The number of fused-ring (bicyclic) bond motifs is 1. The predicted molar refractivity (Wildman–Crippen MR) is 102 cm³/mol. The number of benzene rings is 2. The molecule has 0 unspecified atom stereocenters. The smallest absolute Gasteiger partial charge is 0.265 e. The maximum atomic E-state index is 12.9. The van der Waals surface area contributed by atoms with Crippen LogP contribution in [0.2, 0.25) is 0 Å². The van der Waals surface area contributed by atoms with E-state index in [1.165, 1.54) is 6.39 Å². The minimum absolute atomic E-state index is 0.118. The van der Waals surface area contributed by atoms with Crippen LogP contribution in [0, 0.1) is 0 Å². The van der Waals surface area contributed by atoms with E-state index in [9.17, 15) is 9.59 Å². The minimum atomic E-state index is -0.278. The van der Waals surface area contributed by atoms with Gasteiger partial charge in [-0.2, -0.15) is 0 Å². The SMILES string of the molecule is C[C@@H]1CC(=O)Nc2ccccc2N1C(=O)COc1ccc(-c2nnco2)cc1. The summed E-state index contributed by atoms with van der Waals surface area (Å²) in [7, 11) is 0. The highest BCUT2D eigenvalue weighted by molar-refractivity contribution is 6.04. The Kier molecular flexibility index (Phi) is 4.76. The molecule has 0 bridgehead atoms. The van der Waals surface area contributed by atoms with Gasteiger partial charge < -0.3 is 19.4 Å². The van der Waals surface area contributed by atoms with E-state index >= 15 is 0 Å². The van der Waals surface area contributed by atoms with E-state index < -0.39 is 0 Å². The standard InChI is InChI=1S/C20H18N4O4/c1-13-10-18(25)22-16-4-2-3-5-17(16)24(13)19(26)11-27-15-8-6-14(7-9-15)20-23-21-12-28-20/h2-9,12-13H,10-11H2,1H3,(H,22,25)/t13-/m1/s1. The highest BCUT2D eigenvalue weighted by Gasteiger charge is 2.29. The number of hydrogen-bond donors (Lipinski definition) is 1. The molecule has 142 valence electrons. The van der Waals surface area contributed by atoms with E-state index in [-0.39, 0.29) is 30.9 Å². The summed E-state index contributed by atoms with van der Waals surface area (Å²) in [5.41, 5.74) is 2.05. The van der Waals surface area contributed by atoms with E-state index in [1.54, 1.807) is 35.2 Å². The second-order valence-electron chi connectivity index (χ2n) is 6.44. The first-order chi connectivity index (χ1) is 13.6. The minimum Gasteiger partial charge on any atom is -0.484 e. The van der Waals surface area contributed by atoms with Crippen LogP contribution in [0.15, 0.2) is 59.3 Å². The van der Waals surface area contributed by atoms with Gasteiger partial charge in [0.1, 0.15) is 5.75 Å². The Balaban J connectivity index is 1.48. The first kappa shape index (κ1) is 17.7. The van der Waals surface area contributed by atoms with Crippen LogP contribution < -0.4 is 15.0 Å². The summed E-state index contributed by atoms with van der Waals surface area (Å²) in [6.07, 6.45) is 1.48. The quantitative estimate of drug-likeness (QED) is 0.750. The van der Waals surface area contributed by atoms with Crippen LogP contribution in [0.5, 0.6) is 5.75 Å². The molecule has 0 radical (unpaired) electrons. The number of anilines is 2. The number of ether oxygens (including phenoxy) is 1. The van der Waals surface area contributed by atoms with Gasteiger partial charge >= 0.3 is 0 Å². The lowest BCUT2D eigenvalue weighted by molar-refractivity contribution is -0.121. The van der Waals surface area contributed by atoms with Gasteiger partial charge in [-0.25, -0.2) is 0 Å². The molecule has 1 aliphatic heterocycles. The van der Waals surface area contributed by atoms with E-state index in [0.717, 1.165) is 5.56 Å². The number of amides is 2. The molecule has 2 aromatic carbocycles. The fourth-order valence-corrected chi connectivity index (χ4v) is 3.18. The summed E-state index contributed by atoms with van der Waals surface area (Å²) in [5, 5.41) is 10.3. The topological polar surface area (TPSA) is 97.6 Å². The molecule has 2 heterocycles. The van der Waals surface area contributed by atoms with Crippen molar-refractivity contribution in [2.24, 2.45) is 0 Å². The van der Waals surface area contributed by atoms with E-state index in [2.05, 4.69) is 15.5 Å². The number of aromatic nitrogens is 2. The molecule has 0 saturated heterocycles. The monoisotopic (exact) mass is 378 g/mol. The Bertz CT molecular complexity index is 986. The number of carbonyl (C=O) groups excluding carboxylic acids is 2. The lowest BCUT2D eigenvalue weighted by Crippen LogP contribution is -2.41. The van der Waals surface area contributed by atoms with Crippen molar-refractivity contribution in [3.63, 3.8) is 0 Å². The lowest BCUT2D eigenvalue weighted by Gasteiger charge is -2.27. The molecule has 2 amide bonds. The number of para-hydroxylation sites is 2. The zero-order valence-corrected chi connectivity index (χ0v) is 15.2. The molecule has 0 saturated carbocycles. The second kappa shape index (κ2) is 7.51. The van der Waals surface area contributed by atoms with E-state index in [1.807, 2.05) is 25.1 Å². The van der Waals surface area contributed by atoms with Crippen LogP contribution in [-0.2, 0) is 9.59 Å². The molecule has 3 aromatic rings. The number of nitrogens with zero attached hydrogens (tertiary/aromatic N) is 3. The highest BCUT2D eigenvalue weighted by atomic mass is 16.5. The van der Waals surface area contributed by atoms with Crippen molar-refractivity contribution in [1.29, 1.82) is 0 Å². The number of carbonyl (C=O) groups is 2. The normalized spacial score (nSPS) is 16.1. The van der Waals surface area contributed by atoms with Crippen molar-refractivity contribution in [3.8, 4) is 17.2 Å². The molecule has 0 spiro atoms. The molecule has 1 atom stereocenters. The van der Waals surface area contributed by atoms with Crippen molar-refractivity contribution >= 4 is 23.2 Å². The van der Waals surface area contributed by atoms with Crippen molar-refractivity contribution < 1.29 is 18.7 Å². The molecule has 1 N–H and O–H groups in total. The molecule has 1 aromatic heterocycles. The maximum absolute atomic E-state index is 12.9. The molecule has 0 aliphatic carbocycles. The molecule has 8 nitrogen and oxygen atoms in total. The van der Waals surface area contributed by atoms with E-state index in [0.29, 0.717) is 23.0 Å². The molecular weight excluding hydrogens is 360 g/mol. The third-order valence-electron chi connectivity index (χ3n) is 4.45. The molecule has 8 heteroatoms. The van der Waals surface area contributed by atoms with Gasteiger partial charge in [0.05, 0.1) is 11.4 Å². The Morgan fingerprint density at radius 3 is 2.79 bits per heavy atom. The van der Waals surface area contributed by atoms with Gasteiger partial charge in [0.15, 0.2) is 6.61 Å². The first-order valence-electron chi connectivity index (χ1n) is 8.82. The maximum Gasteiger partial charge on any atom is 0.265 e. The Labute approximate surface area is 161 Å². The van der Waals surface area contributed by atoms with Crippen LogP contribution in [0.1, 0.15) is 13.3 Å². The molecule has 0 fully saturated rings. The first-order valence-corrected chi connectivity index (χ1v) is 8.82. The molecular formula is C20H18N4O4. The van der Waals surface area contributed by atoms with Crippen LogP contribution in [0.3, 0.4) is 0 Å². The van der Waals surface area contributed by atoms with E-state index in [4.69, 9.17) is 9.15 Å². The average molecular weight is 378 g/mol. The fraction of sp³-hybridized carbons (Fsp3) is 0.200. The number of nitrogens with one attached hydrogen (secondary N) is 1. The Morgan fingerprint density at radius 2 is 2.04 bits per heavy atom. The van der Waals surface area contributed by atoms with Crippen LogP contribution in [-0.4, -0.2) is 34.7 Å². The fourth-order valence-electron chi connectivity index (χ4n) is 3.18. The zero-order valence-electron chi connectivity index (χ0n) is 15.2. The van der Waals surface area contributed by atoms with Crippen molar-refractivity contribution in [1.82, 2.24) is 10.2 Å². The average Bonchev–Trinajstić information content (AvgIpc) is 3.19. The van der Waals surface area contributed by atoms with Gasteiger partial charge in [0.25, 0.3) is 5.91 Å². The summed E-state index contributed by atoms with van der Waals surface area (Å²) >= 11 is 0. The Morgan fingerprint density at radius 1 is 1.25 bits per heavy atom. The van der Waals surface area contributed by atoms with Gasteiger partial charge in [-0.05, 0) is 43.3 Å². The van der Waals surface area contributed by atoms with Crippen LogP contribution in [0.4, 0.5) is 11.4 Å². The van der Waals surface area contributed by atoms with Gasteiger partial charge in [0.2, 0.25) is 18.2 Å². The zero-order chi connectivity index (χ0) is 19.5. The number of rotatable bonds is 4. The largest absolute Gasteiger partial charge is 0.484 e. The van der Waals surface area contributed by atoms with Gasteiger partial charge in [-0.15, -0.1) is 10.2 Å². The van der Waals surface area contributed by atoms with Crippen LogP contribution in [0.25, 0.3) is 11.5 Å². The van der Waals surface area contributed by atoms with Crippen molar-refractivity contribution in [3.05, 3.63) is 54.9 Å². The van der Waals surface area contributed by atoms with Crippen molar-refractivity contribution in [2.75, 3.05) is 16.8 Å². The number of hydrogen-bond acceptors (Lipinski definition) is 6. The highest BCUT2D eigenvalue weighted by Crippen LogP contribution is 2.31. The van der Waals surface area contributed by atoms with Crippen LogP contribution >= 0.6 is 0 Å². The summed E-state index contributed by atoms with van der Waals surface area (Å²) in [4.78, 5) is 26.5. The van der Waals surface area contributed by atoms with Crippen molar-refractivity contribution in [2.45, 2.75) is 19.4 Å². The summed E-state index contributed by atoms with van der Waals surface area (Å²) < 4.78 is 10.8. The summed E-state index contributed by atoms with van der Waals surface area (Å²) in [5.74, 6) is 0.613. The molecule has 28 heavy (non-hydrogen) atoms. The summed E-state index contributed by atoms with van der Waals surface area (Å²) in [6.45, 7) is 1.70. The van der Waals surface area contributed by atoms with Gasteiger partial charge in [0, 0.05) is 18.0 Å². The molecule has 1 aliphatic rings. The third kappa shape index (κ3) is 3.57. The Hall–Kier alpha value is -3.68. The third-order valence-corrected chi connectivity index (χ3v) is 4.45. The van der Waals surface area contributed by atoms with Gasteiger partial charge in [-0.1, -0.05) is 12.1 Å². The lowest BCUT2D eigenvalue weighted by atomic mass is 10.1. The molecule has 4 rings (SSSR count).